The van der Waals surface area contributed by atoms with Gasteiger partial charge in [-0.1, -0.05) is 17.4 Å². The van der Waals surface area contributed by atoms with Gasteiger partial charge < -0.3 is 10.2 Å². The molecule has 2 aliphatic rings. The highest BCUT2D eigenvalue weighted by Crippen LogP contribution is 2.47. The maximum Gasteiger partial charge on any atom is 0.217 e. The number of piperidine rings is 1. The first-order chi connectivity index (χ1) is 9.55. The van der Waals surface area contributed by atoms with Crippen LogP contribution < -0.4 is 10.2 Å². The van der Waals surface area contributed by atoms with Crippen LogP contribution in [0.4, 0.5) is 5.13 Å². The number of amides is 1. The van der Waals surface area contributed by atoms with Crippen molar-refractivity contribution < 1.29 is 4.79 Å². The van der Waals surface area contributed by atoms with Crippen molar-refractivity contribution in [2.75, 3.05) is 18.0 Å². The van der Waals surface area contributed by atoms with Crippen LogP contribution in [0.1, 0.15) is 19.8 Å². The molecule has 5 nitrogen and oxygen atoms in total. The maximum atomic E-state index is 11.6. The first-order valence-electron chi connectivity index (χ1n) is 6.71. The summed E-state index contributed by atoms with van der Waals surface area (Å²) < 4.78 is 0.808. The Balaban J connectivity index is 1.85. The van der Waals surface area contributed by atoms with Crippen LogP contribution in [0.3, 0.4) is 0 Å². The van der Waals surface area contributed by atoms with Crippen molar-refractivity contribution in [3.63, 3.8) is 0 Å². The summed E-state index contributed by atoms with van der Waals surface area (Å²) in [5.74, 6) is 0.810. The van der Waals surface area contributed by atoms with Crippen molar-refractivity contribution in [3.05, 3.63) is 16.6 Å². The third-order valence-electron chi connectivity index (χ3n) is 4.49. The summed E-state index contributed by atoms with van der Waals surface area (Å²) in [6.45, 7) is 7.36. The zero-order valence-electron chi connectivity index (χ0n) is 11.3. The van der Waals surface area contributed by atoms with Crippen molar-refractivity contribution in [2.24, 2.45) is 11.8 Å². The van der Waals surface area contributed by atoms with Crippen LogP contribution in [0.5, 0.6) is 0 Å². The average Bonchev–Trinajstić information content (AvgIpc) is 2.88. The summed E-state index contributed by atoms with van der Waals surface area (Å²) in [6.07, 6.45) is 4.19. The number of halogens is 1. The molecule has 7 heteroatoms. The minimum atomic E-state index is -0.246. The Bertz CT molecular complexity index is 532. The van der Waals surface area contributed by atoms with Crippen LogP contribution in [0.2, 0.25) is 0 Å². The summed E-state index contributed by atoms with van der Waals surface area (Å²) in [5, 5.41) is 12.3. The van der Waals surface area contributed by atoms with Gasteiger partial charge in [0, 0.05) is 31.8 Å². The van der Waals surface area contributed by atoms with Gasteiger partial charge in [0.1, 0.15) is 0 Å². The molecule has 1 saturated carbocycles. The van der Waals surface area contributed by atoms with Gasteiger partial charge in [-0.25, -0.2) is 0 Å². The van der Waals surface area contributed by atoms with E-state index in [0.717, 1.165) is 35.0 Å². The van der Waals surface area contributed by atoms with Gasteiger partial charge in [0.25, 0.3) is 0 Å². The monoisotopic (exact) mass is 356 g/mol. The van der Waals surface area contributed by atoms with E-state index in [1.807, 2.05) is 6.08 Å². The van der Waals surface area contributed by atoms with Crippen molar-refractivity contribution in [1.82, 2.24) is 15.5 Å². The fraction of sp³-hybridized carbons (Fsp3) is 0.615. The van der Waals surface area contributed by atoms with Gasteiger partial charge >= 0.3 is 0 Å². The highest BCUT2D eigenvalue weighted by atomic mass is 79.9. The Hall–Kier alpha value is -0.950. The number of hydrogen-bond donors (Lipinski definition) is 1. The summed E-state index contributed by atoms with van der Waals surface area (Å²) in [5.41, 5.74) is -0.246. The van der Waals surface area contributed by atoms with Crippen LogP contribution in [-0.2, 0) is 4.79 Å². The Morgan fingerprint density at radius 2 is 2.15 bits per heavy atom. The van der Waals surface area contributed by atoms with Crippen LogP contribution >= 0.6 is 27.3 Å². The van der Waals surface area contributed by atoms with Gasteiger partial charge in [-0.3, -0.25) is 4.79 Å². The van der Waals surface area contributed by atoms with Gasteiger partial charge in [0.15, 0.2) is 3.92 Å². The van der Waals surface area contributed by atoms with Crippen molar-refractivity contribution in [3.8, 4) is 0 Å². The van der Waals surface area contributed by atoms with E-state index in [1.165, 1.54) is 0 Å². The summed E-state index contributed by atoms with van der Waals surface area (Å²) in [7, 11) is 0. The molecule has 1 aromatic heterocycles. The second-order valence-corrected chi connectivity index (χ2v) is 7.76. The fourth-order valence-electron chi connectivity index (χ4n) is 3.68. The highest BCUT2D eigenvalue weighted by Gasteiger charge is 2.53. The second kappa shape index (κ2) is 5.11. The first-order valence-corrected chi connectivity index (χ1v) is 8.32. The highest BCUT2D eigenvalue weighted by molar-refractivity contribution is 9.11. The maximum absolute atomic E-state index is 11.6. The number of carbonyl (C=O) groups excluding carboxylic acids is 1. The van der Waals surface area contributed by atoms with E-state index >= 15 is 0 Å². The Labute approximate surface area is 130 Å². The largest absolute Gasteiger partial charge is 0.347 e. The lowest BCUT2D eigenvalue weighted by atomic mass is 9.77. The number of anilines is 1. The Morgan fingerprint density at radius 3 is 2.60 bits per heavy atom. The van der Waals surface area contributed by atoms with Crippen LogP contribution in [0.25, 0.3) is 0 Å². The van der Waals surface area contributed by atoms with Crippen LogP contribution in [0, 0.1) is 11.8 Å². The molecule has 3 atom stereocenters. The average molecular weight is 357 g/mol. The van der Waals surface area contributed by atoms with Crippen molar-refractivity contribution in [1.29, 1.82) is 0 Å². The lowest BCUT2D eigenvalue weighted by Crippen LogP contribution is -2.61. The van der Waals surface area contributed by atoms with E-state index < -0.39 is 0 Å². The number of nitrogens with zero attached hydrogens (tertiary/aromatic N) is 3. The minimum Gasteiger partial charge on any atom is -0.347 e. The number of rotatable bonds is 3. The minimum absolute atomic E-state index is 0.0221. The number of aromatic nitrogens is 2. The molecule has 0 spiro atoms. The van der Waals surface area contributed by atoms with E-state index in [2.05, 4.69) is 42.9 Å². The molecule has 1 aliphatic heterocycles. The molecule has 20 heavy (non-hydrogen) atoms. The summed E-state index contributed by atoms with van der Waals surface area (Å²) in [4.78, 5) is 13.8. The molecule has 0 radical (unpaired) electrons. The van der Waals surface area contributed by atoms with Gasteiger partial charge in [0.2, 0.25) is 11.0 Å². The number of fused-ring (bicyclic) bond motifs is 2. The molecule has 1 saturated heterocycles. The van der Waals surface area contributed by atoms with Crippen molar-refractivity contribution in [2.45, 2.75) is 25.3 Å². The van der Waals surface area contributed by atoms with E-state index in [9.17, 15) is 4.79 Å². The SMILES string of the molecule is C=CC1(NC(C)=O)[C@@H]2CC[C@H]1CN(c1nnc(Br)s1)C2. The van der Waals surface area contributed by atoms with Gasteiger partial charge in [-0.2, -0.15) is 0 Å². The van der Waals surface area contributed by atoms with Crippen LogP contribution in [0.15, 0.2) is 16.6 Å². The molecule has 1 amide bonds. The van der Waals surface area contributed by atoms with E-state index in [4.69, 9.17) is 0 Å². The Morgan fingerprint density at radius 1 is 1.50 bits per heavy atom. The molecule has 3 rings (SSSR count). The topological polar surface area (TPSA) is 58.1 Å². The lowest BCUT2D eigenvalue weighted by molar-refractivity contribution is -0.121. The second-order valence-electron chi connectivity index (χ2n) is 5.53. The third kappa shape index (κ3) is 2.16. The molecule has 1 aliphatic carbocycles. The zero-order chi connectivity index (χ0) is 14.3. The predicted molar refractivity (Wildman–Crippen MR) is 82.8 cm³/mol. The predicted octanol–water partition coefficient (Wildman–Crippen LogP) is 2.21. The molecule has 1 aromatic rings. The quantitative estimate of drug-likeness (QED) is 0.843. The van der Waals surface area contributed by atoms with E-state index in [-0.39, 0.29) is 11.4 Å². The number of carbonyl (C=O) groups is 1. The molecule has 2 heterocycles. The molecule has 1 unspecified atom stereocenters. The molecule has 2 fully saturated rings. The first kappa shape index (κ1) is 14.0. The van der Waals surface area contributed by atoms with Gasteiger partial charge in [-0.15, -0.1) is 16.8 Å². The molecule has 108 valence electrons. The zero-order valence-corrected chi connectivity index (χ0v) is 13.7. The van der Waals surface area contributed by atoms with E-state index in [1.54, 1.807) is 18.3 Å². The molecule has 0 aromatic carbocycles. The van der Waals surface area contributed by atoms with Gasteiger partial charge in [0.05, 0.1) is 5.54 Å². The number of hydrogen-bond acceptors (Lipinski definition) is 5. The summed E-state index contributed by atoms with van der Waals surface area (Å²) >= 11 is 4.91. The number of nitrogens with one attached hydrogen (secondary N) is 1. The smallest absolute Gasteiger partial charge is 0.217 e. The Kier molecular flexibility index (Phi) is 3.58. The lowest BCUT2D eigenvalue weighted by Gasteiger charge is -2.46. The molecular weight excluding hydrogens is 340 g/mol. The van der Waals surface area contributed by atoms with Crippen molar-refractivity contribution >= 4 is 38.3 Å². The molecule has 1 N–H and O–H groups in total. The summed E-state index contributed by atoms with van der Waals surface area (Å²) in [6, 6.07) is 0. The normalized spacial score (nSPS) is 32.2. The third-order valence-corrected chi connectivity index (χ3v) is 5.90. The van der Waals surface area contributed by atoms with Gasteiger partial charge in [-0.05, 0) is 28.8 Å². The van der Waals surface area contributed by atoms with Crippen LogP contribution in [-0.4, -0.2) is 34.7 Å². The molecular formula is C13H17BrN4OS. The van der Waals surface area contributed by atoms with E-state index in [0.29, 0.717) is 11.8 Å². The fourth-order valence-corrected chi connectivity index (χ4v) is 4.79. The molecule has 2 bridgehead atoms. The standard InChI is InChI=1S/C13H17BrN4OS/c1-3-13(15-8(2)19)9-4-5-10(13)7-18(6-9)12-17-16-11(14)20-12/h3,9-10H,1,4-7H2,2H3,(H,15,19)/t9-,10+,13?.